The molecule has 2 aromatic rings. The number of Topliss-reactive ketones (excluding diaryl/α,β-unsaturated/α-hetero) is 1. The van der Waals surface area contributed by atoms with Crippen molar-refractivity contribution in [3.05, 3.63) is 65.7 Å². The summed E-state index contributed by atoms with van der Waals surface area (Å²) >= 11 is 0. The lowest BCUT2D eigenvalue weighted by atomic mass is 9.91. The number of ketones is 1. The molecule has 0 saturated carbocycles. The minimum Gasteiger partial charge on any atom is -0.497 e. The van der Waals surface area contributed by atoms with Gasteiger partial charge in [-0.3, -0.25) is 4.79 Å². The topological polar surface area (TPSA) is 46.6 Å². The number of methoxy groups -OCH3 is 1. The zero-order valence-electron chi connectivity index (χ0n) is 14.6. The van der Waals surface area contributed by atoms with Crippen LogP contribution in [0.25, 0.3) is 0 Å². The molecule has 128 valence electrons. The molecule has 0 aliphatic carbocycles. The van der Waals surface area contributed by atoms with Gasteiger partial charge in [-0.1, -0.05) is 42.5 Å². The molecular formula is C20H25NO3. The van der Waals surface area contributed by atoms with Crippen LogP contribution < -0.4 is 4.74 Å². The molecule has 0 aromatic heterocycles. The predicted octanol–water partition coefficient (Wildman–Crippen LogP) is 3.11. The Bertz CT molecular complexity index is 626. The van der Waals surface area contributed by atoms with E-state index in [2.05, 4.69) is 17.0 Å². The minimum atomic E-state index is -0.0653. The molecule has 0 bridgehead atoms. The monoisotopic (exact) mass is 327 g/mol. The lowest BCUT2D eigenvalue weighted by Crippen LogP contribution is -2.29. The van der Waals surface area contributed by atoms with Crippen molar-refractivity contribution in [2.24, 2.45) is 5.92 Å². The average molecular weight is 327 g/mol. The molecule has 0 spiro atoms. The van der Waals surface area contributed by atoms with Gasteiger partial charge in [0.25, 0.3) is 0 Å². The first-order valence-corrected chi connectivity index (χ1v) is 7.76. The first-order chi connectivity index (χ1) is 11.6. The average Bonchev–Trinajstić information content (AvgIpc) is 2.63. The minimum absolute atomic E-state index is 0.0653. The third-order valence-corrected chi connectivity index (χ3v) is 3.64. The largest absolute Gasteiger partial charge is 0.497 e. The summed E-state index contributed by atoms with van der Waals surface area (Å²) in [4.78, 5) is 22.9. The smallest absolute Gasteiger partial charge is 0.167 e. The van der Waals surface area contributed by atoms with E-state index in [1.54, 1.807) is 7.11 Å². The van der Waals surface area contributed by atoms with E-state index >= 15 is 0 Å². The molecule has 1 unspecified atom stereocenters. The first-order valence-electron chi connectivity index (χ1n) is 7.76. The Balaban J connectivity index is 0.00000139. The van der Waals surface area contributed by atoms with E-state index in [0.717, 1.165) is 13.0 Å². The molecule has 1 atom stereocenters. The van der Waals surface area contributed by atoms with Crippen molar-refractivity contribution in [3.63, 3.8) is 0 Å². The molecule has 4 nitrogen and oxygen atoms in total. The molecule has 0 radical (unpaired) electrons. The fourth-order valence-corrected chi connectivity index (χ4v) is 2.59. The fraction of sp³-hybridized carbons (Fsp3) is 0.300. The third kappa shape index (κ3) is 5.97. The van der Waals surface area contributed by atoms with Crippen molar-refractivity contribution in [1.82, 2.24) is 4.90 Å². The molecule has 2 aromatic carbocycles. The zero-order valence-corrected chi connectivity index (χ0v) is 14.6. The summed E-state index contributed by atoms with van der Waals surface area (Å²) in [6, 6.07) is 17.6. The van der Waals surface area contributed by atoms with Gasteiger partial charge in [0.2, 0.25) is 0 Å². The number of carbonyl (C=O) groups is 2. The molecule has 0 saturated heterocycles. The van der Waals surface area contributed by atoms with Gasteiger partial charge in [0.05, 0.1) is 7.11 Å². The summed E-state index contributed by atoms with van der Waals surface area (Å²) < 4.78 is 5.22. The van der Waals surface area contributed by atoms with Gasteiger partial charge in [-0.25, -0.2) is 0 Å². The van der Waals surface area contributed by atoms with E-state index in [-0.39, 0.29) is 11.7 Å². The number of ether oxygens (including phenoxy) is 1. The number of rotatable bonds is 7. The maximum atomic E-state index is 12.9. The van der Waals surface area contributed by atoms with Gasteiger partial charge in [-0.15, -0.1) is 0 Å². The molecule has 0 amide bonds. The second-order valence-electron chi connectivity index (χ2n) is 5.75. The van der Waals surface area contributed by atoms with Crippen molar-refractivity contribution in [2.75, 3.05) is 27.7 Å². The molecule has 4 heteroatoms. The maximum absolute atomic E-state index is 12.9. The predicted molar refractivity (Wildman–Crippen MR) is 96.6 cm³/mol. The molecule has 0 aliphatic rings. The second-order valence-corrected chi connectivity index (χ2v) is 5.75. The Kier molecular flexibility index (Phi) is 8.44. The van der Waals surface area contributed by atoms with E-state index in [1.807, 2.05) is 63.3 Å². The summed E-state index contributed by atoms with van der Waals surface area (Å²) in [5.74, 6) is 0.815. The van der Waals surface area contributed by atoms with Crippen LogP contribution in [0.3, 0.4) is 0 Å². The number of benzene rings is 2. The van der Waals surface area contributed by atoms with Gasteiger partial charge in [0.1, 0.15) is 12.5 Å². The van der Waals surface area contributed by atoms with E-state index in [0.29, 0.717) is 11.3 Å². The first kappa shape index (κ1) is 19.6. The Morgan fingerprint density at radius 2 is 1.75 bits per heavy atom. The normalized spacial score (nSPS) is 11.3. The van der Waals surface area contributed by atoms with Crippen LogP contribution in [0.2, 0.25) is 0 Å². The number of hydrogen-bond acceptors (Lipinski definition) is 4. The van der Waals surface area contributed by atoms with E-state index in [1.165, 1.54) is 5.56 Å². The van der Waals surface area contributed by atoms with Crippen molar-refractivity contribution in [3.8, 4) is 5.75 Å². The van der Waals surface area contributed by atoms with Crippen LogP contribution in [0.5, 0.6) is 5.75 Å². The second kappa shape index (κ2) is 10.3. The highest BCUT2D eigenvalue weighted by molar-refractivity contribution is 5.98. The quantitative estimate of drug-likeness (QED) is 0.733. The summed E-state index contributed by atoms with van der Waals surface area (Å²) in [6.07, 6.45) is 0.745. The van der Waals surface area contributed by atoms with Gasteiger partial charge in [0, 0.05) is 18.0 Å². The maximum Gasteiger partial charge on any atom is 0.167 e. The lowest BCUT2D eigenvalue weighted by Gasteiger charge is -2.20. The Labute approximate surface area is 144 Å². The van der Waals surface area contributed by atoms with Crippen LogP contribution in [0, 0.1) is 5.92 Å². The molecule has 0 fully saturated rings. The number of hydrogen-bond donors (Lipinski definition) is 0. The fourth-order valence-electron chi connectivity index (χ4n) is 2.59. The third-order valence-electron chi connectivity index (χ3n) is 3.64. The van der Waals surface area contributed by atoms with Crippen LogP contribution in [0.1, 0.15) is 15.9 Å². The van der Waals surface area contributed by atoms with E-state index < -0.39 is 0 Å². The Morgan fingerprint density at radius 3 is 2.33 bits per heavy atom. The van der Waals surface area contributed by atoms with Gasteiger partial charge in [-0.05, 0) is 38.2 Å². The Morgan fingerprint density at radius 1 is 1.08 bits per heavy atom. The highest BCUT2D eigenvalue weighted by atomic mass is 16.5. The highest BCUT2D eigenvalue weighted by Crippen LogP contribution is 2.19. The van der Waals surface area contributed by atoms with Crippen molar-refractivity contribution in [1.29, 1.82) is 0 Å². The van der Waals surface area contributed by atoms with Gasteiger partial charge in [-0.2, -0.15) is 0 Å². The van der Waals surface area contributed by atoms with Crippen LogP contribution >= 0.6 is 0 Å². The Hall–Kier alpha value is -2.46. The van der Waals surface area contributed by atoms with Crippen LogP contribution in [0.15, 0.2) is 54.6 Å². The number of carbonyl (C=O) groups excluding carboxylic acids is 2. The van der Waals surface area contributed by atoms with Crippen LogP contribution in [0.4, 0.5) is 0 Å². The summed E-state index contributed by atoms with van der Waals surface area (Å²) in [7, 11) is 5.61. The molecule has 24 heavy (non-hydrogen) atoms. The zero-order chi connectivity index (χ0) is 17.9. The van der Waals surface area contributed by atoms with Crippen LogP contribution in [-0.2, 0) is 11.2 Å². The van der Waals surface area contributed by atoms with Gasteiger partial charge < -0.3 is 14.4 Å². The lowest BCUT2D eigenvalue weighted by molar-refractivity contribution is -0.0980. The summed E-state index contributed by atoms with van der Waals surface area (Å²) in [6.45, 7) is 2.73. The molecular weight excluding hydrogens is 302 g/mol. The number of nitrogens with zero attached hydrogens (tertiary/aromatic N) is 1. The molecule has 0 N–H and O–H groups in total. The van der Waals surface area contributed by atoms with Crippen LogP contribution in [-0.4, -0.2) is 45.2 Å². The van der Waals surface area contributed by atoms with Crippen molar-refractivity contribution < 1.29 is 14.3 Å². The molecule has 0 heterocycles. The molecule has 2 rings (SSSR count). The van der Waals surface area contributed by atoms with Gasteiger partial charge in [0.15, 0.2) is 5.78 Å². The standard InChI is InChI=1S/C19H23NO2.CH2O/c1-20(2)14-17(12-15-8-5-4-6-9-15)19(21)16-10-7-11-18(13-16)22-3;1-2/h4-11,13,17H,12,14H2,1-3H3;1H2. The summed E-state index contributed by atoms with van der Waals surface area (Å²) in [5.41, 5.74) is 1.90. The van der Waals surface area contributed by atoms with Crippen molar-refractivity contribution >= 4 is 12.6 Å². The SMILES string of the molecule is C=O.COc1cccc(C(=O)C(Cc2ccccc2)CN(C)C)c1. The summed E-state index contributed by atoms with van der Waals surface area (Å²) in [5, 5.41) is 0. The van der Waals surface area contributed by atoms with E-state index in [9.17, 15) is 4.79 Å². The molecule has 0 aliphatic heterocycles. The van der Waals surface area contributed by atoms with E-state index in [4.69, 9.17) is 9.53 Å². The van der Waals surface area contributed by atoms with Gasteiger partial charge >= 0.3 is 0 Å². The van der Waals surface area contributed by atoms with Crippen molar-refractivity contribution in [2.45, 2.75) is 6.42 Å². The highest BCUT2D eigenvalue weighted by Gasteiger charge is 2.21.